The number of hydrogen-bond acceptors (Lipinski definition) is 5. The number of halogens is 2. The Bertz CT molecular complexity index is 1010. The highest BCUT2D eigenvalue weighted by Gasteiger charge is 2.19. The SMILES string of the molecule is COC(=O)c1c(F)cccc1-c1ccc(CNC(=O)CCS(=O)(=O)O)c(F)c1. The molecule has 0 aromatic heterocycles. The van der Waals surface area contributed by atoms with Crippen molar-refractivity contribution in [3.05, 3.63) is 59.2 Å². The molecule has 28 heavy (non-hydrogen) atoms. The minimum atomic E-state index is -4.27. The predicted octanol–water partition coefficient (Wildman–Crippen LogP) is 2.31. The van der Waals surface area contributed by atoms with Crippen molar-refractivity contribution in [3.8, 4) is 11.1 Å². The van der Waals surface area contributed by atoms with Crippen LogP contribution >= 0.6 is 0 Å². The number of hydrogen-bond donors (Lipinski definition) is 2. The molecular formula is C18H17F2NO6S. The fraction of sp³-hybridized carbons (Fsp3) is 0.222. The third-order valence-corrected chi connectivity index (χ3v) is 4.55. The van der Waals surface area contributed by atoms with E-state index in [4.69, 9.17) is 4.55 Å². The van der Waals surface area contributed by atoms with E-state index in [9.17, 15) is 26.8 Å². The van der Waals surface area contributed by atoms with Gasteiger partial charge >= 0.3 is 5.97 Å². The molecule has 0 radical (unpaired) electrons. The van der Waals surface area contributed by atoms with Gasteiger partial charge in [0.1, 0.15) is 17.2 Å². The average molecular weight is 413 g/mol. The molecule has 2 N–H and O–H groups in total. The van der Waals surface area contributed by atoms with Gasteiger partial charge < -0.3 is 10.1 Å². The number of carbonyl (C=O) groups excluding carboxylic acids is 2. The summed E-state index contributed by atoms with van der Waals surface area (Å²) in [6.07, 6.45) is -0.468. The molecule has 0 aliphatic rings. The molecule has 0 bridgehead atoms. The van der Waals surface area contributed by atoms with Gasteiger partial charge in [0.25, 0.3) is 10.1 Å². The lowest BCUT2D eigenvalue weighted by molar-refractivity contribution is -0.120. The highest BCUT2D eigenvalue weighted by Crippen LogP contribution is 2.28. The molecular weight excluding hydrogens is 396 g/mol. The van der Waals surface area contributed by atoms with Crippen molar-refractivity contribution < 1.29 is 36.1 Å². The van der Waals surface area contributed by atoms with Gasteiger partial charge in [-0.05, 0) is 23.3 Å². The van der Waals surface area contributed by atoms with Gasteiger partial charge in [-0.2, -0.15) is 8.42 Å². The first-order valence-corrected chi connectivity index (χ1v) is 9.61. The van der Waals surface area contributed by atoms with E-state index < -0.39 is 45.8 Å². The second-order valence-electron chi connectivity index (χ2n) is 5.77. The van der Waals surface area contributed by atoms with Crippen molar-refractivity contribution >= 4 is 22.0 Å². The Morgan fingerprint density at radius 3 is 2.46 bits per heavy atom. The summed E-state index contributed by atoms with van der Waals surface area (Å²) in [6, 6.07) is 7.78. The summed E-state index contributed by atoms with van der Waals surface area (Å²) in [5.41, 5.74) is 0.156. The van der Waals surface area contributed by atoms with E-state index in [0.29, 0.717) is 0 Å². The van der Waals surface area contributed by atoms with E-state index in [0.717, 1.165) is 19.2 Å². The molecule has 0 spiro atoms. The summed E-state index contributed by atoms with van der Waals surface area (Å²) in [4.78, 5) is 23.4. The summed E-state index contributed by atoms with van der Waals surface area (Å²) in [5.74, 6) is -3.84. The largest absolute Gasteiger partial charge is 0.465 e. The lowest BCUT2D eigenvalue weighted by Crippen LogP contribution is -2.25. The third-order valence-electron chi connectivity index (χ3n) is 3.83. The summed E-state index contributed by atoms with van der Waals surface area (Å²) in [7, 11) is -3.16. The smallest absolute Gasteiger partial charge is 0.341 e. The maximum absolute atomic E-state index is 14.4. The number of ether oxygens (including phenoxy) is 1. The van der Waals surface area contributed by atoms with Crippen LogP contribution in [-0.2, 0) is 26.2 Å². The number of nitrogens with one attached hydrogen (secondary N) is 1. The van der Waals surface area contributed by atoms with E-state index in [2.05, 4.69) is 10.1 Å². The van der Waals surface area contributed by atoms with E-state index >= 15 is 0 Å². The molecule has 0 atom stereocenters. The Morgan fingerprint density at radius 2 is 1.86 bits per heavy atom. The topological polar surface area (TPSA) is 110 Å². The Hall–Kier alpha value is -2.85. The molecule has 0 unspecified atom stereocenters. The Kier molecular flexibility index (Phi) is 6.81. The number of benzene rings is 2. The monoisotopic (exact) mass is 413 g/mol. The highest BCUT2D eigenvalue weighted by atomic mass is 32.2. The Labute approximate surface area is 160 Å². The zero-order valence-electron chi connectivity index (χ0n) is 14.7. The van der Waals surface area contributed by atoms with Crippen LogP contribution in [0.5, 0.6) is 0 Å². The normalized spacial score (nSPS) is 11.1. The fourth-order valence-corrected chi connectivity index (χ4v) is 2.88. The molecule has 2 aromatic rings. The van der Waals surface area contributed by atoms with Gasteiger partial charge in [-0.1, -0.05) is 24.3 Å². The summed E-state index contributed by atoms with van der Waals surface area (Å²) in [5, 5.41) is 2.33. The molecule has 0 aliphatic heterocycles. The van der Waals surface area contributed by atoms with Gasteiger partial charge in [0.05, 0.1) is 12.9 Å². The third kappa shape index (κ3) is 5.57. The van der Waals surface area contributed by atoms with E-state index in [1.807, 2.05) is 0 Å². The van der Waals surface area contributed by atoms with Gasteiger partial charge in [0, 0.05) is 18.5 Å². The quantitative estimate of drug-likeness (QED) is 0.533. The van der Waals surface area contributed by atoms with Gasteiger partial charge in [-0.25, -0.2) is 13.6 Å². The lowest BCUT2D eigenvalue weighted by atomic mass is 9.98. The fourth-order valence-electron chi connectivity index (χ4n) is 2.44. The minimum absolute atomic E-state index is 0.0972. The first-order chi connectivity index (χ1) is 13.1. The summed E-state index contributed by atoms with van der Waals surface area (Å²) in [6.45, 7) is -0.219. The van der Waals surface area contributed by atoms with Gasteiger partial charge in [0.15, 0.2) is 0 Å². The van der Waals surface area contributed by atoms with Crippen LogP contribution in [0.15, 0.2) is 36.4 Å². The Balaban J connectivity index is 2.19. The van der Waals surface area contributed by atoms with Crippen LogP contribution in [-0.4, -0.2) is 37.7 Å². The van der Waals surface area contributed by atoms with Gasteiger partial charge in [-0.15, -0.1) is 0 Å². The molecule has 7 nitrogen and oxygen atoms in total. The molecule has 2 aromatic carbocycles. The second-order valence-corrected chi connectivity index (χ2v) is 7.35. The zero-order chi connectivity index (χ0) is 20.9. The van der Waals surface area contributed by atoms with Crippen LogP contribution < -0.4 is 5.32 Å². The van der Waals surface area contributed by atoms with Crippen LogP contribution in [0.2, 0.25) is 0 Å². The summed E-state index contributed by atoms with van der Waals surface area (Å²) >= 11 is 0. The van der Waals surface area contributed by atoms with Crippen LogP contribution in [0.1, 0.15) is 22.3 Å². The van der Waals surface area contributed by atoms with Crippen molar-refractivity contribution in [2.45, 2.75) is 13.0 Å². The number of carbonyl (C=O) groups is 2. The van der Waals surface area contributed by atoms with Crippen molar-refractivity contribution in [3.63, 3.8) is 0 Å². The van der Waals surface area contributed by atoms with Gasteiger partial charge in [-0.3, -0.25) is 9.35 Å². The molecule has 0 heterocycles. The van der Waals surface area contributed by atoms with Crippen LogP contribution in [0.3, 0.4) is 0 Å². The number of amides is 1. The maximum atomic E-state index is 14.4. The van der Waals surface area contributed by atoms with E-state index in [-0.39, 0.29) is 28.8 Å². The first-order valence-electron chi connectivity index (χ1n) is 8.00. The summed E-state index contributed by atoms with van der Waals surface area (Å²) < 4.78 is 62.8. The zero-order valence-corrected chi connectivity index (χ0v) is 15.6. The Morgan fingerprint density at radius 1 is 1.14 bits per heavy atom. The number of methoxy groups -OCH3 is 1. The molecule has 0 saturated carbocycles. The minimum Gasteiger partial charge on any atom is -0.465 e. The molecule has 150 valence electrons. The van der Waals surface area contributed by atoms with Gasteiger partial charge in [0.2, 0.25) is 5.91 Å². The first kappa shape index (κ1) is 21.5. The predicted molar refractivity (Wildman–Crippen MR) is 96.0 cm³/mol. The molecule has 0 aliphatic carbocycles. The van der Waals surface area contributed by atoms with E-state index in [1.54, 1.807) is 0 Å². The molecule has 2 rings (SSSR count). The van der Waals surface area contributed by atoms with Crippen LogP contribution in [0.4, 0.5) is 8.78 Å². The number of rotatable bonds is 7. The van der Waals surface area contributed by atoms with Crippen molar-refractivity contribution in [2.75, 3.05) is 12.9 Å². The maximum Gasteiger partial charge on any atom is 0.341 e. The lowest BCUT2D eigenvalue weighted by Gasteiger charge is -2.11. The average Bonchev–Trinajstić information content (AvgIpc) is 2.64. The van der Waals surface area contributed by atoms with Crippen molar-refractivity contribution in [1.29, 1.82) is 0 Å². The molecule has 0 fully saturated rings. The van der Waals surface area contributed by atoms with Crippen molar-refractivity contribution in [2.24, 2.45) is 0 Å². The van der Waals surface area contributed by atoms with Crippen LogP contribution in [0.25, 0.3) is 11.1 Å². The van der Waals surface area contributed by atoms with Crippen LogP contribution in [0, 0.1) is 11.6 Å². The number of esters is 1. The molecule has 10 heteroatoms. The molecule has 0 saturated heterocycles. The molecule has 1 amide bonds. The van der Waals surface area contributed by atoms with E-state index in [1.165, 1.54) is 24.3 Å². The highest BCUT2D eigenvalue weighted by molar-refractivity contribution is 7.85. The second kappa shape index (κ2) is 8.89. The van der Waals surface area contributed by atoms with Crippen molar-refractivity contribution in [1.82, 2.24) is 5.32 Å². The standard InChI is InChI=1S/C18H17F2NO6S/c1-27-18(23)17-13(3-2-4-14(17)19)11-5-6-12(15(20)9-11)10-21-16(22)7-8-28(24,25)26/h2-6,9H,7-8,10H2,1H3,(H,21,22)(H,24,25,26).